The van der Waals surface area contributed by atoms with Gasteiger partial charge < -0.3 is 10.2 Å². The van der Waals surface area contributed by atoms with Gasteiger partial charge in [-0.05, 0) is 12.2 Å². The first kappa shape index (κ1) is 7.81. The molecule has 0 bridgehead atoms. The van der Waals surface area contributed by atoms with Crippen LogP contribution < -0.4 is 10.7 Å². The van der Waals surface area contributed by atoms with Crippen molar-refractivity contribution < 1.29 is 4.84 Å². The van der Waals surface area contributed by atoms with Crippen LogP contribution in [0.2, 0.25) is 0 Å². The van der Waals surface area contributed by atoms with Gasteiger partial charge in [-0.2, -0.15) is 5.10 Å². The topological polar surface area (TPSA) is 58.0 Å². The zero-order chi connectivity index (χ0) is 8.60. The minimum atomic E-state index is -0.885. The molecule has 0 fully saturated rings. The zero-order valence-corrected chi connectivity index (χ0v) is 7.60. The van der Waals surface area contributed by atoms with Crippen molar-refractivity contribution in [1.29, 1.82) is 0 Å². The van der Waals surface area contributed by atoms with E-state index in [0.29, 0.717) is 5.11 Å². The Morgan fingerprint density at radius 2 is 2.50 bits per heavy atom. The Balaban J connectivity index is 2.29. The minimum absolute atomic E-state index is 0.117. The zero-order valence-electron chi connectivity index (χ0n) is 5.89. The molecule has 7 heteroatoms. The summed E-state index contributed by atoms with van der Waals surface area (Å²) in [6, 6.07) is 0. The first-order valence-electron chi connectivity index (χ1n) is 3.26. The summed E-state index contributed by atoms with van der Waals surface area (Å²) in [4.78, 5) is 5.00. The molecule has 0 radical (unpaired) electrons. The first-order valence-corrected chi connectivity index (χ1v) is 4.12. The molecule has 0 spiro atoms. The standard InChI is InChI=1S/C5H6N4OS2/c11-4-8-5(12)3(1-6-9-4)2-7-10-5/h1-3,12H,(H2,8,9,11). The molecule has 64 valence electrons. The van der Waals surface area contributed by atoms with Gasteiger partial charge in [-0.1, -0.05) is 5.16 Å². The van der Waals surface area contributed by atoms with Crippen LogP contribution in [-0.4, -0.2) is 22.6 Å². The molecule has 2 aliphatic heterocycles. The molecule has 5 nitrogen and oxygen atoms in total. The van der Waals surface area contributed by atoms with Crippen molar-refractivity contribution in [2.24, 2.45) is 16.2 Å². The fourth-order valence-electron chi connectivity index (χ4n) is 0.951. The number of thiocarbonyl (C=S) groups is 1. The molecule has 2 unspecified atom stereocenters. The van der Waals surface area contributed by atoms with Crippen molar-refractivity contribution in [2.45, 2.75) is 5.06 Å². The SMILES string of the molecule is S=C1NN=CC2C=NOC2(S)N1. The second kappa shape index (κ2) is 2.60. The Hall–Kier alpha value is -0.820. The van der Waals surface area contributed by atoms with Crippen molar-refractivity contribution >= 4 is 42.4 Å². The van der Waals surface area contributed by atoms with Crippen LogP contribution >= 0.6 is 24.8 Å². The van der Waals surface area contributed by atoms with Crippen LogP contribution in [0.1, 0.15) is 0 Å². The molecule has 0 aliphatic carbocycles. The lowest BCUT2D eigenvalue weighted by Gasteiger charge is -2.24. The number of fused-ring (bicyclic) bond motifs is 1. The number of hydrazone groups is 1. The van der Waals surface area contributed by atoms with E-state index < -0.39 is 5.06 Å². The highest BCUT2D eigenvalue weighted by molar-refractivity contribution is 7.82. The van der Waals surface area contributed by atoms with E-state index in [2.05, 4.69) is 33.6 Å². The third kappa shape index (κ3) is 1.14. The largest absolute Gasteiger partial charge is 0.355 e. The molecule has 2 rings (SSSR count). The quantitative estimate of drug-likeness (QED) is 0.372. The summed E-state index contributed by atoms with van der Waals surface area (Å²) in [5.41, 5.74) is 2.60. The number of hydrogen-bond acceptors (Lipinski definition) is 5. The fraction of sp³-hybridized carbons (Fsp3) is 0.400. The highest BCUT2D eigenvalue weighted by Gasteiger charge is 2.42. The van der Waals surface area contributed by atoms with E-state index in [-0.39, 0.29) is 5.92 Å². The third-order valence-electron chi connectivity index (χ3n) is 1.56. The van der Waals surface area contributed by atoms with E-state index in [0.717, 1.165) is 0 Å². The van der Waals surface area contributed by atoms with Crippen LogP contribution in [-0.2, 0) is 4.84 Å². The number of rotatable bonds is 0. The second-order valence-electron chi connectivity index (χ2n) is 2.41. The molecule has 2 aliphatic rings. The molecule has 0 saturated heterocycles. The van der Waals surface area contributed by atoms with Crippen LogP contribution in [0.4, 0.5) is 0 Å². The van der Waals surface area contributed by atoms with Crippen LogP contribution in [0, 0.1) is 5.92 Å². The molecule has 0 amide bonds. The predicted octanol–water partition coefficient (Wildman–Crippen LogP) is -0.334. The van der Waals surface area contributed by atoms with Gasteiger partial charge >= 0.3 is 0 Å². The van der Waals surface area contributed by atoms with Crippen molar-refractivity contribution in [3.63, 3.8) is 0 Å². The first-order chi connectivity index (χ1) is 5.71. The molecule has 0 saturated carbocycles. The van der Waals surface area contributed by atoms with Crippen LogP contribution in [0.3, 0.4) is 0 Å². The lowest BCUT2D eigenvalue weighted by atomic mass is 10.1. The number of nitrogens with one attached hydrogen (secondary N) is 2. The van der Waals surface area contributed by atoms with Gasteiger partial charge in [0.15, 0.2) is 5.11 Å². The van der Waals surface area contributed by atoms with E-state index in [4.69, 9.17) is 17.1 Å². The summed E-state index contributed by atoms with van der Waals surface area (Å²) >= 11 is 9.13. The second-order valence-corrected chi connectivity index (χ2v) is 3.48. The van der Waals surface area contributed by atoms with E-state index in [9.17, 15) is 0 Å². The van der Waals surface area contributed by atoms with Gasteiger partial charge in [0, 0.05) is 6.21 Å². The normalized spacial score (nSPS) is 37.8. The lowest BCUT2D eigenvalue weighted by molar-refractivity contribution is 0.0367. The fourth-order valence-corrected chi connectivity index (χ4v) is 1.52. The molecular formula is C5H6N4OS2. The van der Waals surface area contributed by atoms with E-state index in [1.807, 2.05) is 0 Å². The maximum absolute atomic E-state index is 5.00. The molecule has 2 heterocycles. The maximum Gasteiger partial charge on any atom is 0.266 e. The van der Waals surface area contributed by atoms with Crippen LogP contribution in [0.5, 0.6) is 0 Å². The predicted molar refractivity (Wildman–Crippen MR) is 52.1 cm³/mol. The number of thiol groups is 1. The van der Waals surface area contributed by atoms with Crippen molar-refractivity contribution in [3.05, 3.63) is 0 Å². The third-order valence-corrected chi connectivity index (χ3v) is 2.24. The summed E-state index contributed by atoms with van der Waals surface area (Å²) < 4.78 is 0. The molecule has 0 aromatic carbocycles. The van der Waals surface area contributed by atoms with Gasteiger partial charge in [-0.15, -0.1) is 12.6 Å². The number of nitrogens with zero attached hydrogens (tertiary/aromatic N) is 2. The molecular weight excluding hydrogens is 196 g/mol. The Bertz CT molecular complexity index is 279. The Labute approximate surface area is 79.6 Å². The minimum Gasteiger partial charge on any atom is -0.355 e. The van der Waals surface area contributed by atoms with Gasteiger partial charge in [0.1, 0.15) is 5.92 Å². The number of oxime groups is 1. The van der Waals surface area contributed by atoms with Gasteiger partial charge in [0.05, 0.1) is 6.21 Å². The summed E-state index contributed by atoms with van der Waals surface area (Å²) in [6.45, 7) is 0. The van der Waals surface area contributed by atoms with Gasteiger partial charge in [0.2, 0.25) is 0 Å². The summed E-state index contributed by atoms with van der Waals surface area (Å²) in [6.07, 6.45) is 3.24. The Morgan fingerprint density at radius 3 is 3.33 bits per heavy atom. The Morgan fingerprint density at radius 1 is 1.67 bits per heavy atom. The molecule has 12 heavy (non-hydrogen) atoms. The Kier molecular flexibility index (Phi) is 1.69. The number of hydrogen-bond donors (Lipinski definition) is 3. The van der Waals surface area contributed by atoms with Gasteiger partial charge in [-0.3, -0.25) is 5.43 Å². The maximum atomic E-state index is 5.00. The molecule has 0 aromatic heterocycles. The van der Waals surface area contributed by atoms with Crippen molar-refractivity contribution in [3.8, 4) is 0 Å². The van der Waals surface area contributed by atoms with Crippen molar-refractivity contribution in [1.82, 2.24) is 10.7 Å². The van der Waals surface area contributed by atoms with Crippen LogP contribution in [0.15, 0.2) is 10.3 Å². The smallest absolute Gasteiger partial charge is 0.266 e. The monoisotopic (exact) mass is 202 g/mol. The molecule has 2 atom stereocenters. The summed E-state index contributed by atoms with van der Waals surface area (Å²) in [5, 5.41) is 9.79. The van der Waals surface area contributed by atoms with Crippen LogP contribution in [0.25, 0.3) is 0 Å². The highest BCUT2D eigenvalue weighted by Crippen LogP contribution is 2.27. The lowest BCUT2D eigenvalue weighted by Crippen LogP contribution is -2.49. The van der Waals surface area contributed by atoms with Gasteiger partial charge in [0.25, 0.3) is 5.06 Å². The molecule has 0 aromatic rings. The highest BCUT2D eigenvalue weighted by atomic mass is 32.1. The summed E-state index contributed by atoms with van der Waals surface area (Å²) in [5.74, 6) is -0.117. The summed E-state index contributed by atoms with van der Waals surface area (Å²) in [7, 11) is 0. The van der Waals surface area contributed by atoms with Gasteiger partial charge in [-0.25, -0.2) is 0 Å². The van der Waals surface area contributed by atoms with E-state index in [1.165, 1.54) is 0 Å². The van der Waals surface area contributed by atoms with Crippen molar-refractivity contribution in [2.75, 3.05) is 0 Å². The average Bonchev–Trinajstić information content (AvgIpc) is 2.26. The average molecular weight is 202 g/mol. The van der Waals surface area contributed by atoms with E-state index >= 15 is 0 Å². The van der Waals surface area contributed by atoms with E-state index in [1.54, 1.807) is 12.4 Å². The molecule has 2 N–H and O–H groups in total.